The van der Waals surface area contributed by atoms with Crippen molar-refractivity contribution in [3.63, 3.8) is 0 Å². The molecule has 0 aliphatic rings. The molecule has 42 heavy (non-hydrogen) atoms. The van der Waals surface area contributed by atoms with Crippen molar-refractivity contribution >= 4 is 22.9 Å². The highest BCUT2D eigenvalue weighted by Crippen LogP contribution is 2.31. The second-order valence-corrected chi connectivity index (χ2v) is 8.78. The van der Waals surface area contributed by atoms with Crippen LogP contribution in [-0.2, 0) is 6.54 Å². The molecule has 2 aromatic carbocycles. The predicted octanol–water partition coefficient (Wildman–Crippen LogP) is 7.42. The Morgan fingerprint density at radius 1 is 1.17 bits per heavy atom. The van der Waals surface area contributed by atoms with Crippen molar-refractivity contribution in [1.29, 1.82) is 0 Å². The molecule has 0 atom stereocenters. The van der Waals surface area contributed by atoms with Crippen LogP contribution in [0, 0.1) is 11.6 Å². The number of hydrogen-bond donors (Lipinski definition) is 1. The minimum Gasteiger partial charge on any atom is -0.491 e. The van der Waals surface area contributed by atoms with Gasteiger partial charge in [-0.25, -0.2) is 27.5 Å². The number of nitrogens with zero attached hydrogens (tertiary/aromatic N) is 5. The first-order valence-electron chi connectivity index (χ1n) is 13.1. The van der Waals surface area contributed by atoms with E-state index in [1.54, 1.807) is 49.7 Å². The topological polar surface area (TPSA) is 86.5 Å². The van der Waals surface area contributed by atoms with E-state index in [4.69, 9.17) is 9.47 Å². The summed E-state index contributed by atoms with van der Waals surface area (Å²) in [4.78, 5) is 12.9. The van der Waals surface area contributed by atoms with Crippen molar-refractivity contribution in [3.05, 3.63) is 84.3 Å². The zero-order chi connectivity index (χ0) is 30.6. The van der Waals surface area contributed by atoms with Crippen molar-refractivity contribution in [1.82, 2.24) is 19.7 Å². The van der Waals surface area contributed by atoms with E-state index in [1.807, 2.05) is 0 Å². The molecule has 4 aromatic rings. The maximum atomic E-state index is 14.8. The van der Waals surface area contributed by atoms with Crippen molar-refractivity contribution < 1.29 is 27.0 Å². The molecular formula is C30H32F4N6O2. The van der Waals surface area contributed by atoms with E-state index >= 15 is 0 Å². The van der Waals surface area contributed by atoms with E-state index in [1.165, 1.54) is 24.4 Å². The molecule has 0 fully saturated rings. The third kappa shape index (κ3) is 8.15. The molecule has 0 bridgehead atoms. The fourth-order valence-corrected chi connectivity index (χ4v) is 3.67. The number of aliphatic imine (C=N–C) groups is 1. The smallest absolute Gasteiger partial charge is 0.272 e. The van der Waals surface area contributed by atoms with Crippen molar-refractivity contribution in [2.75, 3.05) is 19.0 Å². The van der Waals surface area contributed by atoms with Crippen LogP contribution in [0.25, 0.3) is 22.4 Å². The minimum atomic E-state index is -2.77. The number of halogens is 4. The van der Waals surface area contributed by atoms with E-state index < -0.39 is 24.7 Å². The first-order chi connectivity index (χ1) is 20.2. The molecule has 0 spiro atoms. The lowest BCUT2D eigenvalue weighted by atomic mass is 10.1. The molecule has 12 heteroatoms. The average Bonchev–Trinajstić information content (AvgIpc) is 3.33. The molecule has 4 rings (SSSR count). The van der Waals surface area contributed by atoms with Gasteiger partial charge in [0.05, 0.1) is 25.4 Å². The maximum absolute atomic E-state index is 14.8. The first-order valence-corrected chi connectivity index (χ1v) is 13.1. The van der Waals surface area contributed by atoms with Gasteiger partial charge in [-0.3, -0.25) is 9.67 Å². The largest absolute Gasteiger partial charge is 0.491 e. The van der Waals surface area contributed by atoms with Crippen LogP contribution in [0.15, 0.2) is 72.1 Å². The number of alkyl halides is 2. The molecule has 0 amide bonds. The zero-order valence-electron chi connectivity index (χ0n) is 23.7. The maximum Gasteiger partial charge on any atom is 0.272 e. The fraction of sp³-hybridized carbons (Fsp3) is 0.267. The third-order valence-electron chi connectivity index (χ3n) is 5.43. The van der Waals surface area contributed by atoms with E-state index in [0.29, 0.717) is 33.9 Å². The van der Waals surface area contributed by atoms with Crippen molar-refractivity contribution in [2.45, 2.75) is 40.2 Å². The fourth-order valence-electron chi connectivity index (χ4n) is 3.67. The Kier molecular flexibility index (Phi) is 11.6. The van der Waals surface area contributed by atoms with Crippen LogP contribution in [-0.4, -0.2) is 46.1 Å². The highest BCUT2D eigenvalue weighted by Gasteiger charge is 2.20. The van der Waals surface area contributed by atoms with Gasteiger partial charge in [0.15, 0.2) is 17.4 Å². The summed E-state index contributed by atoms with van der Waals surface area (Å²) < 4.78 is 66.0. The van der Waals surface area contributed by atoms with Crippen LogP contribution in [0.5, 0.6) is 11.5 Å². The second-order valence-electron chi connectivity index (χ2n) is 8.78. The summed E-state index contributed by atoms with van der Waals surface area (Å²) in [6, 6.07) is 8.81. The Balaban J connectivity index is 0.00000155. The average molecular weight is 585 g/mol. The van der Waals surface area contributed by atoms with Crippen LogP contribution < -0.4 is 14.8 Å². The van der Waals surface area contributed by atoms with E-state index in [-0.39, 0.29) is 23.7 Å². The molecule has 8 nitrogen and oxygen atoms in total. The Morgan fingerprint density at radius 2 is 1.86 bits per heavy atom. The Bertz CT molecular complexity index is 1550. The number of benzene rings is 2. The lowest BCUT2D eigenvalue weighted by Crippen LogP contribution is -2.10. The van der Waals surface area contributed by atoms with Gasteiger partial charge in [0.25, 0.3) is 6.43 Å². The molecule has 0 radical (unpaired) electrons. The van der Waals surface area contributed by atoms with Gasteiger partial charge in [0.2, 0.25) is 0 Å². The number of methoxy groups -OCH3 is 1. The number of ether oxygens (including phenoxy) is 2. The first kappa shape index (κ1) is 31.8. The van der Waals surface area contributed by atoms with Gasteiger partial charge in [-0.1, -0.05) is 45.0 Å². The van der Waals surface area contributed by atoms with Gasteiger partial charge in [-0.2, -0.15) is 5.10 Å². The highest BCUT2D eigenvalue weighted by atomic mass is 19.3. The standard InChI is InChI=1S/C27H24F4N6O2.C3H8/c1-4-32-10-9-16(2)34-26-23(38-3)13-33-27(35-26)25-18-7-5-6-8-22(18)37(36-25)14-19-20(28)11-17(12-21(19)29)39-15-24(30)31;1-3-2/h4-13,24H,2,14-15H2,1,3H3,(H,33,34,35);3H2,1-2H3/b10-9-,32-4?;. The van der Waals surface area contributed by atoms with Gasteiger partial charge in [0, 0.05) is 41.2 Å². The van der Waals surface area contributed by atoms with E-state index in [9.17, 15) is 17.6 Å². The van der Waals surface area contributed by atoms with Crippen molar-refractivity contribution in [2.24, 2.45) is 4.99 Å². The molecule has 2 aromatic heterocycles. The Labute approximate surface area is 241 Å². The van der Waals surface area contributed by atoms with Crippen LogP contribution in [0.4, 0.5) is 23.4 Å². The van der Waals surface area contributed by atoms with Crippen LogP contribution in [0.3, 0.4) is 0 Å². The van der Waals surface area contributed by atoms with Crippen LogP contribution in [0.2, 0.25) is 0 Å². The SMILES string of the molecule is C=C(/C=C\N=CC)Nc1nc(-c2nn(Cc3c(F)cc(OCC(F)F)cc3F)c3ccccc23)ncc1OC.CCC. The Hall–Kier alpha value is -4.74. The summed E-state index contributed by atoms with van der Waals surface area (Å²) in [5.74, 6) is -1.32. The molecule has 0 unspecified atom stereocenters. The molecule has 1 N–H and O–H groups in total. The Morgan fingerprint density at radius 3 is 2.50 bits per heavy atom. The molecule has 222 valence electrons. The quantitative estimate of drug-likeness (QED) is 0.112. The number of allylic oxidation sites excluding steroid dienone is 1. The van der Waals surface area contributed by atoms with Gasteiger partial charge in [-0.15, -0.1) is 0 Å². The summed E-state index contributed by atoms with van der Waals surface area (Å²) in [5, 5.41) is 8.24. The molecule has 0 saturated heterocycles. The number of aromatic nitrogens is 4. The number of para-hydroxylation sites is 1. The number of fused-ring (bicyclic) bond motifs is 1. The minimum absolute atomic E-state index is 0.230. The summed E-state index contributed by atoms with van der Waals surface area (Å²) in [5.41, 5.74) is 1.12. The molecule has 0 aliphatic heterocycles. The summed E-state index contributed by atoms with van der Waals surface area (Å²) in [6.45, 7) is 8.70. The summed E-state index contributed by atoms with van der Waals surface area (Å²) in [6.07, 6.45) is 4.79. The molecular weight excluding hydrogens is 552 g/mol. The van der Waals surface area contributed by atoms with E-state index in [0.717, 1.165) is 12.1 Å². The molecule has 0 aliphatic carbocycles. The number of nitrogens with one attached hydrogen (secondary N) is 1. The summed E-state index contributed by atoms with van der Waals surface area (Å²) >= 11 is 0. The van der Waals surface area contributed by atoms with Gasteiger partial charge < -0.3 is 14.8 Å². The van der Waals surface area contributed by atoms with Crippen molar-refractivity contribution in [3.8, 4) is 23.0 Å². The lowest BCUT2D eigenvalue weighted by Gasteiger charge is -2.11. The van der Waals surface area contributed by atoms with Crippen LogP contribution >= 0.6 is 0 Å². The predicted molar refractivity (Wildman–Crippen MR) is 156 cm³/mol. The van der Waals surface area contributed by atoms with Crippen LogP contribution in [0.1, 0.15) is 32.8 Å². The monoisotopic (exact) mass is 584 g/mol. The molecule has 0 saturated carbocycles. The number of hydrogen-bond acceptors (Lipinski definition) is 7. The van der Waals surface area contributed by atoms with E-state index in [2.05, 4.69) is 45.8 Å². The number of rotatable bonds is 11. The zero-order valence-corrected chi connectivity index (χ0v) is 23.7. The third-order valence-corrected chi connectivity index (χ3v) is 5.43. The lowest BCUT2D eigenvalue weighted by molar-refractivity contribution is 0.0815. The molecule has 2 heterocycles. The van der Waals surface area contributed by atoms with Gasteiger partial charge in [-0.05, 0) is 19.1 Å². The second kappa shape index (κ2) is 15.3. The highest BCUT2D eigenvalue weighted by molar-refractivity contribution is 5.92. The summed E-state index contributed by atoms with van der Waals surface area (Å²) in [7, 11) is 1.47. The van der Waals surface area contributed by atoms with Gasteiger partial charge >= 0.3 is 0 Å². The number of anilines is 1. The normalized spacial score (nSPS) is 11.3. The van der Waals surface area contributed by atoms with Gasteiger partial charge in [0.1, 0.15) is 29.7 Å².